The van der Waals surface area contributed by atoms with Gasteiger partial charge in [0.25, 0.3) is 0 Å². The van der Waals surface area contributed by atoms with Gasteiger partial charge >= 0.3 is 12.1 Å². The van der Waals surface area contributed by atoms with E-state index in [4.69, 9.17) is 22.8 Å². The van der Waals surface area contributed by atoms with Gasteiger partial charge in [0.2, 0.25) is 5.91 Å². The molecule has 2 N–H and O–H groups in total. The average Bonchev–Trinajstić information content (AvgIpc) is 3.92. The van der Waals surface area contributed by atoms with Gasteiger partial charge in [0, 0.05) is 46.0 Å². The summed E-state index contributed by atoms with van der Waals surface area (Å²) in [7, 11) is -6.42. The molecule has 2 aromatic heterocycles. The molecule has 6 rings (SSSR count). The van der Waals surface area contributed by atoms with Gasteiger partial charge in [-0.1, -0.05) is 130 Å². The largest absolute Gasteiger partial charge is 0.461 e. The normalized spacial score (nSPS) is 18.5. The molecular formula is C65H99N3O8SSi3. The van der Waals surface area contributed by atoms with Crippen molar-refractivity contribution in [3.05, 3.63) is 107 Å². The summed E-state index contributed by atoms with van der Waals surface area (Å²) in [6, 6.07) is 26.1. The summed E-state index contributed by atoms with van der Waals surface area (Å²) in [4.78, 5) is 45.3. The monoisotopic (exact) mass is 1170 g/mol. The van der Waals surface area contributed by atoms with Crippen molar-refractivity contribution >= 4 is 80.8 Å². The second-order valence-electron chi connectivity index (χ2n) is 28.2. The first-order chi connectivity index (χ1) is 37.1. The highest BCUT2D eigenvalue weighted by molar-refractivity contribution is 7.19. The highest BCUT2D eigenvalue weighted by atomic mass is 32.1. The summed E-state index contributed by atoms with van der Waals surface area (Å²) in [5.74, 6) is -0.559. The number of amides is 2. The molecular weight excluding hydrogens is 1070 g/mol. The molecule has 6 atom stereocenters. The van der Waals surface area contributed by atoms with Crippen LogP contribution in [0, 0.1) is 11.8 Å². The van der Waals surface area contributed by atoms with Gasteiger partial charge in [-0.05, 0) is 171 Å². The Balaban J connectivity index is 1.10. The maximum atomic E-state index is 13.9. The van der Waals surface area contributed by atoms with E-state index in [0.29, 0.717) is 29.5 Å². The Bertz CT molecular complexity index is 2810. The zero-order valence-corrected chi connectivity index (χ0v) is 55.8. The Morgan fingerprint density at radius 1 is 0.675 bits per heavy atom. The van der Waals surface area contributed by atoms with Gasteiger partial charge in [0.15, 0.2) is 25.0 Å². The number of alkyl carbamates (subject to hydrolysis) is 1. The van der Waals surface area contributed by atoms with Gasteiger partial charge in [-0.25, -0.2) is 4.79 Å². The molecule has 1 aliphatic carbocycles. The van der Waals surface area contributed by atoms with E-state index < -0.39 is 42.6 Å². The van der Waals surface area contributed by atoms with Crippen molar-refractivity contribution in [1.82, 2.24) is 10.3 Å². The summed E-state index contributed by atoms with van der Waals surface area (Å²) in [5, 5.41) is 9.24. The average molecular weight is 1170 g/mol. The molecule has 11 nitrogen and oxygen atoms in total. The lowest BCUT2D eigenvalue weighted by atomic mass is 9.84. The topological polar surface area (TPSA) is 134 Å². The molecule has 0 saturated heterocycles. The van der Waals surface area contributed by atoms with E-state index in [-0.39, 0.29) is 58.5 Å². The number of rotatable bonds is 24. The molecule has 0 radical (unpaired) electrons. The van der Waals surface area contributed by atoms with Crippen LogP contribution in [-0.2, 0) is 38.9 Å². The minimum atomic E-state index is -2.15. The predicted octanol–water partition coefficient (Wildman–Crippen LogP) is 18.0. The number of nitrogens with zero attached hydrogens (tertiary/aromatic N) is 1. The molecule has 2 amide bonds. The number of aromatic nitrogens is 1. The minimum Gasteiger partial charge on any atom is -0.461 e. The Labute approximate surface area is 488 Å². The lowest BCUT2D eigenvalue weighted by Gasteiger charge is -2.41. The molecule has 80 heavy (non-hydrogen) atoms. The van der Waals surface area contributed by atoms with Gasteiger partial charge in [0.1, 0.15) is 12.2 Å². The quantitative estimate of drug-likeness (QED) is 0.0352. The summed E-state index contributed by atoms with van der Waals surface area (Å²) >= 11 is 1.89. The Hall–Kier alpha value is -4.23. The highest BCUT2D eigenvalue weighted by Gasteiger charge is 2.51. The third kappa shape index (κ3) is 17.9. The van der Waals surface area contributed by atoms with Crippen molar-refractivity contribution in [1.29, 1.82) is 0 Å². The van der Waals surface area contributed by atoms with Crippen molar-refractivity contribution in [3.8, 4) is 0 Å². The number of pyridine rings is 1. The van der Waals surface area contributed by atoms with E-state index in [1.807, 2.05) is 59.9 Å². The van der Waals surface area contributed by atoms with E-state index in [1.165, 1.54) is 15.0 Å². The van der Waals surface area contributed by atoms with Crippen LogP contribution in [-0.4, -0.2) is 72.3 Å². The van der Waals surface area contributed by atoms with Gasteiger partial charge in [0.05, 0.1) is 24.2 Å². The highest BCUT2D eigenvalue weighted by Crippen LogP contribution is 2.51. The molecule has 5 aromatic rings. The third-order valence-electron chi connectivity index (χ3n) is 17.8. The number of hydrogen-bond acceptors (Lipinski definition) is 10. The lowest BCUT2D eigenvalue weighted by Crippen LogP contribution is -2.45. The summed E-state index contributed by atoms with van der Waals surface area (Å²) in [6.45, 7) is 41.0. The number of carbonyl (C=O) groups excluding carboxylic acids is 3. The van der Waals surface area contributed by atoms with Crippen molar-refractivity contribution in [2.24, 2.45) is 11.8 Å². The number of thiophene rings is 1. The number of benzene rings is 3. The fourth-order valence-corrected chi connectivity index (χ4v) is 15.2. The fraction of sp³-hybridized carbons (Fsp3) is 0.600. The van der Waals surface area contributed by atoms with Crippen LogP contribution < -0.4 is 10.6 Å². The van der Waals surface area contributed by atoms with Crippen LogP contribution in [0.25, 0.3) is 20.9 Å². The Morgan fingerprint density at radius 3 is 1.90 bits per heavy atom. The second kappa shape index (κ2) is 26.6. The van der Waals surface area contributed by atoms with Crippen molar-refractivity contribution in [2.75, 3.05) is 11.9 Å². The fourth-order valence-electron chi connectivity index (χ4n) is 9.94. The van der Waals surface area contributed by atoms with E-state index in [9.17, 15) is 14.4 Å². The molecule has 0 spiro atoms. The van der Waals surface area contributed by atoms with Crippen molar-refractivity contribution in [2.45, 2.75) is 232 Å². The van der Waals surface area contributed by atoms with Gasteiger partial charge in [-0.15, -0.1) is 11.3 Å². The van der Waals surface area contributed by atoms with Gasteiger partial charge < -0.3 is 33.4 Å². The number of anilines is 1. The number of ether oxygens (including phenoxy) is 2. The number of fused-ring (bicyclic) bond motifs is 2. The molecule has 1 saturated carbocycles. The maximum Gasteiger partial charge on any atom is 0.407 e. The number of esters is 1. The van der Waals surface area contributed by atoms with Crippen LogP contribution >= 0.6 is 11.3 Å². The van der Waals surface area contributed by atoms with Crippen LogP contribution in [0.5, 0.6) is 0 Å². The molecule has 1 fully saturated rings. The van der Waals surface area contributed by atoms with Crippen molar-refractivity contribution < 1.29 is 37.1 Å². The molecule has 15 heteroatoms. The van der Waals surface area contributed by atoms with E-state index in [2.05, 4.69) is 148 Å². The van der Waals surface area contributed by atoms with Crippen LogP contribution in [0.15, 0.2) is 91.3 Å². The van der Waals surface area contributed by atoms with Crippen LogP contribution in [0.1, 0.15) is 169 Å². The minimum absolute atomic E-state index is 0.00735. The molecule has 0 aliphatic heterocycles. The SMILES string of the molecule is CC(C)(C)OC(=O)NCC(C(=O)Nc1ccc2cnccc2c1)c1ccc(COC(=O)CCCCCC[C@@H]2[C@@H](CC[C@@H](O[Si](C)(C)C(C)(C)C)c3cc4ccccc4s3)[C@H](O[Si](C)(C)C(C)(C)C)C[C@@H]2O[Si](C)(C)C(C)(C)C)cc1. The third-order valence-corrected chi connectivity index (χ3v) is 32.5. The Kier molecular flexibility index (Phi) is 21.6. The smallest absolute Gasteiger partial charge is 0.407 e. The summed E-state index contributed by atoms with van der Waals surface area (Å²) in [5.41, 5.74) is 1.45. The zero-order valence-electron chi connectivity index (χ0n) is 52.0. The van der Waals surface area contributed by atoms with Gasteiger partial charge in [-0.2, -0.15) is 0 Å². The van der Waals surface area contributed by atoms with E-state index >= 15 is 0 Å². The maximum absolute atomic E-state index is 13.9. The number of hydrogen-bond donors (Lipinski definition) is 2. The first-order valence-electron chi connectivity index (χ1n) is 29.5. The Morgan fingerprint density at radius 2 is 1.29 bits per heavy atom. The van der Waals surface area contributed by atoms with Crippen LogP contribution in [0.4, 0.5) is 10.5 Å². The molecule has 1 unspecified atom stereocenters. The lowest BCUT2D eigenvalue weighted by molar-refractivity contribution is -0.145. The van der Waals surface area contributed by atoms with Crippen LogP contribution in [0.2, 0.25) is 54.4 Å². The zero-order chi connectivity index (χ0) is 59.1. The van der Waals surface area contributed by atoms with Crippen LogP contribution in [0.3, 0.4) is 0 Å². The molecule has 2 heterocycles. The summed E-state index contributed by atoms with van der Waals surface area (Å²) in [6.07, 6.45) is 11.2. The standard InChI is InChI=1S/C65H99N3O8SSi3/c1-62(2,3)73-61(71)67-43-53(60(70)68-50-34-33-49-42-66-38-37-47(49)39-50)46-31-29-45(30-32-46)44-72-59(69)28-22-20-19-21-26-51-52(56(76-80(17,18)65(10,11)12)41-55(51)75-79(15,16)64(7,8)9)35-36-54(74-78(13,14)63(4,5)6)58-40-48-25-23-24-27-57(48)77-58/h23-25,27,29-34,37-40,42,51-56H,19-22,26,28,35-36,41,43-44H2,1-18H3,(H,67,71)(H,68,70)/t51-,52-,53?,54-,55+,56-/m1/s1. The summed E-state index contributed by atoms with van der Waals surface area (Å²) < 4.78 is 35.1. The van der Waals surface area contributed by atoms with Crippen molar-refractivity contribution in [3.63, 3.8) is 0 Å². The first kappa shape index (κ1) is 64.9. The van der Waals surface area contributed by atoms with Gasteiger partial charge in [-0.3, -0.25) is 14.6 Å². The number of carbonyl (C=O) groups is 3. The number of nitrogens with one attached hydrogen (secondary N) is 2. The molecule has 440 valence electrons. The van der Waals surface area contributed by atoms with E-state index in [0.717, 1.165) is 67.7 Å². The first-order valence-corrected chi connectivity index (χ1v) is 39.0. The molecule has 0 bridgehead atoms. The van der Waals surface area contributed by atoms with E-state index in [1.54, 1.807) is 33.2 Å². The molecule has 1 aliphatic rings. The second-order valence-corrected chi connectivity index (χ2v) is 43.6. The predicted molar refractivity (Wildman–Crippen MR) is 339 cm³/mol. The molecule has 3 aromatic carbocycles. The number of unbranched alkanes of at least 4 members (excludes halogenated alkanes) is 3.